The van der Waals surface area contributed by atoms with Gasteiger partial charge in [-0.25, -0.2) is 9.37 Å². The van der Waals surface area contributed by atoms with E-state index in [1.807, 2.05) is 26.0 Å². The maximum Gasteiger partial charge on any atom is 0.282 e. The van der Waals surface area contributed by atoms with E-state index in [-0.39, 0.29) is 18.0 Å². The zero-order valence-electron chi connectivity index (χ0n) is 19.8. The minimum Gasteiger partial charge on any atom is -0.490 e. The van der Waals surface area contributed by atoms with Gasteiger partial charge in [-0.2, -0.15) is 9.78 Å². The first-order valence-corrected chi connectivity index (χ1v) is 13.1. The molecule has 0 saturated carbocycles. The normalized spacial score (nSPS) is 11.4. The summed E-state index contributed by atoms with van der Waals surface area (Å²) in [6.45, 7) is 4.61. The second kappa shape index (κ2) is 11.8. The smallest absolute Gasteiger partial charge is 0.282 e. The second-order valence-electron chi connectivity index (χ2n) is 7.97. The van der Waals surface area contributed by atoms with E-state index in [2.05, 4.69) is 41.9 Å². The summed E-state index contributed by atoms with van der Waals surface area (Å²) in [6.07, 6.45) is 3.03. The third kappa shape index (κ3) is 6.02. The van der Waals surface area contributed by atoms with Crippen LogP contribution in [0.3, 0.4) is 0 Å². The lowest BCUT2D eigenvalue weighted by molar-refractivity contribution is 0.269. The molecule has 0 spiro atoms. The average Bonchev–Trinajstić information content (AvgIpc) is 2.86. The minimum atomic E-state index is -0.296. The molecule has 1 aromatic heterocycles. The third-order valence-electron chi connectivity index (χ3n) is 5.33. The summed E-state index contributed by atoms with van der Waals surface area (Å²) in [4.78, 5) is 17.9. The summed E-state index contributed by atoms with van der Waals surface area (Å²) >= 11 is 7.00. The Hall–Kier alpha value is -3.04. The Morgan fingerprint density at radius 2 is 1.78 bits per heavy atom. The van der Waals surface area contributed by atoms with E-state index in [9.17, 15) is 9.18 Å². The average molecular weight is 617 g/mol. The Kier molecular flexibility index (Phi) is 8.53. The van der Waals surface area contributed by atoms with Crippen LogP contribution in [0.15, 0.2) is 73.4 Å². The van der Waals surface area contributed by atoms with Crippen molar-refractivity contribution in [2.24, 2.45) is 5.10 Å². The van der Waals surface area contributed by atoms with Gasteiger partial charge in [-0.3, -0.25) is 4.79 Å². The van der Waals surface area contributed by atoms with Crippen molar-refractivity contribution in [1.29, 1.82) is 0 Å². The molecule has 0 bridgehead atoms. The van der Waals surface area contributed by atoms with Crippen molar-refractivity contribution in [1.82, 2.24) is 9.66 Å². The molecule has 6 nitrogen and oxygen atoms in total. The van der Waals surface area contributed by atoms with Crippen LogP contribution in [0.2, 0.25) is 0 Å². The van der Waals surface area contributed by atoms with E-state index >= 15 is 0 Å². The van der Waals surface area contributed by atoms with Crippen molar-refractivity contribution < 1.29 is 13.9 Å². The zero-order valence-corrected chi connectivity index (χ0v) is 23.0. The molecule has 0 unspecified atom stereocenters. The maximum atomic E-state index is 13.3. The predicted molar refractivity (Wildman–Crippen MR) is 147 cm³/mol. The lowest BCUT2D eigenvalue weighted by Crippen LogP contribution is -2.22. The molecular formula is C27H24Br2FN3O3. The largest absolute Gasteiger partial charge is 0.490 e. The van der Waals surface area contributed by atoms with Gasteiger partial charge in [0.25, 0.3) is 5.56 Å². The van der Waals surface area contributed by atoms with Crippen LogP contribution in [0, 0.1) is 5.82 Å². The van der Waals surface area contributed by atoms with Crippen LogP contribution in [-0.4, -0.2) is 22.5 Å². The monoisotopic (exact) mass is 615 g/mol. The van der Waals surface area contributed by atoms with Gasteiger partial charge in [0.2, 0.25) is 0 Å². The Balaban J connectivity index is 1.68. The summed E-state index contributed by atoms with van der Waals surface area (Å²) in [7, 11) is 0. The molecule has 0 amide bonds. The van der Waals surface area contributed by atoms with Gasteiger partial charge in [0, 0.05) is 20.9 Å². The Morgan fingerprint density at radius 3 is 2.50 bits per heavy atom. The van der Waals surface area contributed by atoms with E-state index in [4.69, 9.17) is 9.47 Å². The SMILES string of the molecule is CCCc1nc2ccc(Br)cc2c(=O)n1N=Cc1cc(OCC)c(OCc2ccc(F)cc2)cc1Br. The molecule has 0 radical (unpaired) electrons. The van der Waals surface area contributed by atoms with Crippen molar-refractivity contribution in [3.05, 3.63) is 96.7 Å². The Labute approximate surface area is 225 Å². The van der Waals surface area contributed by atoms with Crippen LogP contribution in [0.4, 0.5) is 4.39 Å². The molecule has 4 rings (SSSR count). The van der Waals surface area contributed by atoms with E-state index in [0.717, 1.165) is 16.5 Å². The first-order valence-electron chi connectivity index (χ1n) is 11.5. The van der Waals surface area contributed by atoms with Gasteiger partial charge in [0.1, 0.15) is 18.2 Å². The molecule has 3 aromatic carbocycles. The van der Waals surface area contributed by atoms with Gasteiger partial charge in [0.15, 0.2) is 11.5 Å². The number of hydrogen-bond acceptors (Lipinski definition) is 5. The number of hydrogen-bond donors (Lipinski definition) is 0. The van der Waals surface area contributed by atoms with Crippen LogP contribution in [0.5, 0.6) is 11.5 Å². The van der Waals surface area contributed by atoms with Gasteiger partial charge >= 0.3 is 0 Å². The molecule has 0 atom stereocenters. The zero-order chi connectivity index (χ0) is 25.7. The van der Waals surface area contributed by atoms with Crippen molar-refractivity contribution in [2.75, 3.05) is 6.61 Å². The first kappa shape index (κ1) is 26.0. The molecular weight excluding hydrogens is 593 g/mol. The standard InChI is InChI=1S/C27H24Br2FN3O3/c1-3-5-26-32-23-11-8-19(28)13-21(23)27(34)33(26)31-15-18-12-24(35-4-2)25(14-22(18)29)36-16-17-6-9-20(30)10-7-17/h6-15H,3-5,16H2,1-2H3. The van der Waals surface area contributed by atoms with Crippen LogP contribution >= 0.6 is 31.9 Å². The van der Waals surface area contributed by atoms with Crippen molar-refractivity contribution >= 4 is 49.0 Å². The second-order valence-corrected chi connectivity index (χ2v) is 9.74. The van der Waals surface area contributed by atoms with Gasteiger partial charge in [-0.05, 0) is 77.3 Å². The number of ether oxygens (including phenoxy) is 2. The fourth-order valence-electron chi connectivity index (χ4n) is 3.59. The number of rotatable bonds is 9. The molecule has 1 heterocycles. The van der Waals surface area contributed by atoms with Gasteiger partial charge in [-0.15, -0.1) is 0 Å². The molecule has 9 heteroatoms. The van der Waals surface area contributed by atoms with Gasteiger partial charge in [-0.1, -0.05) is 35.0 Å². The Morgan fingerprint density at radius 1 is 1.03 bits per heavy atom. The minimum absolute atomic E-state index is 0.235. The lowest BCUT2D eigenvalue weighted by Gasteiger charge is -2.14. The fourth-order valence-corrected chi connectivity index (χ4v) is 4.38. The first-order chi connectivity index (χ1) is 17.4. The maximum absolute atomic E-state index is 13.3. The number of fused-ring (bicyclic) bond motifs is 1. The number of aryl methyl sites for hydroxylation is 1. The van der Waals surface area contributed by atoms with Crippen molar-refractivity contribution in [2.45, 2.75) is 33.3 Å². The van der Waals surface area contributed by atoms with E-state index in [0.29, 0.717) is 51.3 Å². The topological polar surface area (TPSA) is 65.7 Å². The summed E-state index contributed by atoms with van der Waals surface area (Å²) in [6, 6.07) is 15.2. The van der Waals surface area contributed by atoms with Crippen LogP contribution in [0.1, 0.15) is 37.2 Å². The molecule has 36 heavy (non-hydrogen) atoms. The van der Waals surface area contributed by atoms with Crippen LogP contribution < -0.4 is 15.0 Å². The summed E-state index contributed by atoms with van der Waals surface area (Å²) in [5.41, 5.74) is 1.94. The molecule has 0 N–H and O–H groups in total. The summed E-state index contributed by atoms with van der Waals surface area (Å²) in [5.74, 6) is 1.36. The highest BCUT2D eigenvalue weighted by molar-refractivity contribution is 9.10. The predicted octanol–water partition coefficient (Wildman–Crippen LogP) is 6.87. The van der Waals surface area contributed by atoms with Crippen LogP contribution in [-0.2, 0) is 13.0 Å². The molecule has 0 saturated heterocycles. The highest BCUT2D eigenvalue weighted by atomic mass is 79.9. The quantitative estimate of drug-likeness (QED) is 0.192. The van der Waals surface area contributed by atoms with Crippen molar-refractivity contribution in [3.8, 4) is 11.5 Å². The number of benzene rings is 3. The molecule has 0 aliphatic heterocycles. The summed E-state index contributed by atoms with van der Waals surface area (Å²) in [5, 5.41) is 4.99. The van der Waals surface area contributed by atoms with E-state index < -0.39 is 0 Å². The lowest BCUT2D eigenvalue weighted by atomic mass is 10.2. The number of halogens is 3. The van der Waals surface area contributed by atoms with E-state index in [1.165, 1.54) is 16.8 Å². The highest BCUT2D eigenvalue weighted by Crippen LogP contribution is 2.34. The molecule has 0 aliphatic carbocycles. The number of nitrogens with zero attached hydrogens (tertiary/aromatic N) is 3. The van der Waals surface area contributed by atoms with Crippen LogP contribution in [0.25, 0.3) is 10.9 Å². The van der Waals surface area contributed by atoms with Gasteiger partial charge < -0.3 is 9.47 Å². The molecule has 0 fully saturated rings. The highest BCUT2D eigenvalue weighted by Gasteiger charge is 2.13. The third-order valence-corrected chi connectivity index (χ3v) is 6.51. The fraction of sp³-hybridized carbons (Fsp3) is 0.222. The van der Waals surface area contributed by atoms with Crippen molar-refractivity contribution in [3.63, 3.8) is 0 Å². The molecule has 186 valence electrons. The Bertz CT molecular complexity index is 1470. The van der Waals surface area contributed by atoms with E-state index in [1.54, 1.807) is 36.5 Å². The molecule has 0 aliphatic rings. The summed E-state index contributed by atoms with van der Waals surface area (Å²) < 4.78 is 27.8. The molecule has 4 aromatic rings. The van der Waals surface area contributed by atoms with Gasteiger partial charge in [0.05, 0.1) is 23.7 Å². The number of aromatic nitrogens is 2.